The molecule has 0 saturated heterocycles. The maximum atomic E-state index is 12.5. The quantitative estimate of drug-likeness (QED) is 0.676. The van der Waals surface area contributed by atoms with E-state index in [1.807, 2.05) is 31.2 Å². The molecule has 0 radical (unpaired) electrons. The summed E-state index contributed by atoms with van der Waals surface area (Å²) in [6, 6.07) is 11.0. The molecular formula is C22H28N2O5. The molecule has 2 aromatic carbocycles. The zero-order valence-corrected chi connectivity index (χ0v) is 17.5. The summed E-state index contributed by atoms with van der Waals surface area (Å²) in [5.41, 5.74) is 2.55. The third kappa shape index (κ3) is 5.63. The number of hydrogen-bond donors (Lipinski definition) is 2. The lowest BCUT2D eigenvalue weighted by Gasteiger charge is -2.16. The number of amides is 2. The molecule has 0 saturated carbocycles. The second-order valence-corrected chi connectivity index (χ2v) is 6.48. The standard InChI is InChI=1S/C22H28N2O5/c1-6-15-7-9-16(10-8-15)14(2)24-20(25)13-23-22(26)17-11-18(27-3)21(29-5)19(12-17)28-4/h7-12,14H,6,13H2,1-5H3,(H,23,26)(H,24,25). The molecule has 0 aliphatic heterocycles. The minimum atomic E-state index is -0.417. The zero-order chi connectivity index (χ0) is 21.4. The number of methoxy groups -OCH3 is 3. The van der Waals surface area contributed by atoms with Crippen LogP contribution in [0, 0.1) is 0 Å². The minimum absolute atomic E-state index is 0.146. The van der Waals surface area contributed by atoms with Crippen LogP contribution in [-0.2, 0) is 11.2 Å². The van der Waals surface area contributed by atoms with Crippen molar-refractivity contribution in [1.82, 2.24) is 10.6 Å². The normalized spacial score (nSPS) is 11.3. The molecule has 0 aliphatic rings. The first kappa shape index (κ1) is 22.1. The SMILES string of the molecule is CCc1ccc(C(C)NC(=O)CNC(=O)c2cc(OC)c(OC)c(OC)c2)cc1. The summed E-state index contributed by atoms with van der Waals surface area (Å²) >= 11 is 0. The van der Waals surface area contributed by atoms with Crippen LogP contribution in [-0.4, -0.2) is 39.7 Å². The lowest BCUT2D eigenvalue weighted by molar-refractivity contribution is -0.120. The van der Waals surface area contributed by atoms with Gasteiger partial charge in [0.05, 0.1) is 33.9 Å². The van der Waals surface area contributed by atoms with Crippen molar-refractivity contribution in [3.05, 3.63) is 53.1 Å². The van der Waals surface area contributed by atoms with Crippen LogP contribution in [0.15, 0.2) is 36.4 Å². The Labute approximate surface area is 171 Å². The second-order valence-electron chi connectivity index (χ2n) is 6.48. The van der Waals surface area contributed by atoms with Gasteiger partial charge in [0.25, 0.3) is 5.91 Å². The van der Waals surface area contributed by atoms with Gasteiger partial charge in [0, 0.05) is 5.56 Å². The number of benzene rings is 2. The Hall–Kier alpha value is -3.22. The lowest BCUT2D eigenvalue weighted by atomic mass is 10.1. The largest absolute Gasteiger partial charge is 0.493 e. The van der Waals surface area contributed by atoms with E-state index in [2.05, 4.69) is 17.6 Å². The fourth-order valence-electron chi connectivity index (χ4n) is 2.89. The van der Waals surface area contributed by atoms with Crippen LogP contribution in [0.2, 0.25) is 0 Å². The number of rotatable bonds is 9. The molecule has 0 aliphatic carbocycles. The van der Waals surface area contributed by atoms with Gasteiger partial charge < -0.3 is 24.8 Å². The third-order valence-corrected chi connectivity index (χ3v) is 4.60. The molecule has 2 rings (SSSR count). The van der Waals surface area contributed by atoms with Crippen molar-refractivity contribution in [3.63, 3.8) is 0 Å². The van der Waals surface area contributed by atoms with Crippen molar-refractivity contribution < 1.29 is 23.8 Å². The smallest absolute Gasteiger partial charge is 0.251 e. The highest BCUT2D eigenvalue weighted by atomic mass is 16.5. The van der Waals surface area contributed by atoms with Crippen LogP contribution < -0.4 is 24.8 Å². The van der Waals surface area contributed by atoms with Crippen molar-refractivity contribution in [1.29, 1.82) is 0 Å². The van der Waals surface area contributed by atoms with Gasteiger partial charge >= 0.3 is 0 Å². The predicted molar refractivity (Wildman–Crippen MR) is 111 cm³/mol. The van der Waals surface area contributed by atoms with Gasteiger partial charge in [-0.3, -0.25) is 9.59 Å². The van der Waals surface area contributed by atoms with Gasteiger partial charge in [-0.2, -0.15) is 0 Å². The van der Waals surface area contributed by atoms with Crippen molar-refractivity contribution >= 4 is 11.8 Å². The first-order valence-corrected chi connectivity index (χ1v) is 9.39. The molecule has 29 heavy (non-hydrogen) atoms. The van der Waals surface area contributed by atoms with Crippen LogP contribution in [0.25, 0.3) is 0 Å². The Morgan fingerprint density at radius 3 is 2.03 bits per heavy atom. The second kappa shape index (κ2) is 10.4. The maximum Gasteiger partial charge on any atom is 0.251 e. The average Bonchev–Trinajstić information content (AvgIpc) is 2.76. The summed E-state index contributed by atoms with van der Waals surface area (Å²) in [6.07, 6.45) is 0.966. The zero-order valence-electron chi connectivity index (χ0n) is 17.5. The molecule has 0 heterocycles. The molecule has 0 aromatic heterocycles. The summed E-state index contributed by atoms with van der Waals surface area (Å²) in [5, 5.41) is 5.49. The highest BCUT2D eigenvalue weighted by molar-refractivity contribution is 5.97. The summed E-state index contributed by atoms with van der Waals surface area (Å²) in [5.74, 6) is 0.431. The molecule has 2 amide bonds. The van der Waals surface area contributed by atoms with Crippen LogP contribution in [0.1, 0.15) is 41.4 Å². The first-order valence-electron chi connectivity index (χ1n) is 9.39. The Balaban J connectivity index is 1.98. The lowest BCUT2D eigenvalue weighted by Crippen LogP contribution is -2.38. The Morgan fingerprint density at radius 1 is 0.966 bits per heavy atom. The van der Waals surface area contributed by atoms with Crippen LogP contribution in [0.4, 0.5) is 0 Å². The molecule has 0 bridgehead atoms. The third-order valence-electron chi connectivity index (χ3n) is 4.60. The van der Waals surface area contributed by atoms with Gasteiger partial charge in [-0.1, -0.05) is 31.2 Å². The van der Waals surface area contributed by atoms with Gasteiger partial charge in [-0.15, -0.1) is 0 Å². The molecule has 2 N–H and O–H groups in total. The predicted octanol–water partition coefficient (Wildman–Crippen LogP) is 2.88. The van der Waals surface area contributed by atoms with Gasteiger partial charge in [0.15, 0.2) is 11.5 Å². The highest BCUT2D eigenvalue weighted by Crippen LogP contribution is 2.38. The van der Waals surface area contributed by atoms with Gasteiger partial charge in [0.2, 0.25) is 11.7 Å². The summed E-state index contributed by atoms with van der Waals surface area (Å²) < 4.78 is 15.7. The van der Waals surface area contributed by atoms with Crippen molar-refractivity contribution in [3.8, 4) is 17.2 Å². The molecule has 1 unspecified atom stereocenters. The van der Waals surface area contributed by atoms with E-state index in [-0.39, 0.29) is 18.5 Å². The molecule has 1 atom stereocenters. The number of carbonyl (C=O) groups excluding carboxylic acids is 2. The Bertz CT molecular complexity index is 824. The van der Waals surface area contributed by atoms with E-state index in [4.69, 9.17) is 14.2 Å². The van der Waals surface area contributed by atoms with E-state index in [1.54, 1.807) is 0 Å². The van der Waals surface area contributed by atoms with E-state index in [0.29, 0.717) is 22.8 Å². The molecule has 156 valence electrons. The Morgan fingerprint density at radius 2 is 1.55 bits per heavy atom. The van der Waals surface area contributed by atoms with E-state index < -0.39 is 5.91 Å². The Kier molecular flexibility index (Phi) is 7.88. The van der Waals surface area contributed by atoms with Crippen LogP contribution in [0.5, 0.6) is 17.2 Å². The van der Waals surface area contributed by atoms with Crippen LogP contribution >= 0.6 is 0 Å². The molecule has 7 nitrogen and oxygen atoms in total. The first-order chi connectivity index (χ1) is 13.9. The van der Waals surface area contributed by atoms with E-state index in [9.17, 15) is 9.59 Å². The van der Waals surface area contributed by atoms with Crippen molar-refractivity contribution in [2.45, 2.75) is 26.3 Å². The summed E-state index contributed by atoms with van der Waals surface area (Å²) in [6.45, 7) is 3.85. The number of nitrogens with one attached hydrogen (secondary N) is 2. The molecular weight excluding hydrogens is 372 g/mol. The molecule has 7 heteroatoms. The monoisotopic (exact) mass is 400 g/mol. The van der Waals surface area contributed by atoms with Gasteiger partial charge in [0.1, 0.15) is 0 Å². The highest BCUT2D eigenvalue weighted by Gasteiger charge is 2.18. The van der Waals surface area contributed by atoms with Crippen molar-refractivity contribution in [2.75, 3.05) is 27.9 Å². The van der Waals surface area contributed by atoms with E-state index in [1.165, 1.54) is 39.0 Å². The maximum absolute atomic E-state index is 12.5. The number of carbonyl (C=O) groups is 2. The van der Waals surface area contributed by atoms with E-state index >= 15 is 0 Å². The summed E-state index contributed by atoms with van der Waals surface area (Å²) in [7, 11) is 4.43. The van der Waals surface area contributed by atoms with Gasteiger partial charge in [-0.05, 0) is 36.6 Å². The molecule has 0 fully saturated rings. The van der Waals surface area contributed by atoms with Crippen LogP contribution in [0.3, 0.4) is 0 Å². The fraction of sp³-hybridized carbons (Fsp3) is 0.364. The average molecular weight is 400 g/mol. The number of hydrogen-bond acceptors (Lipinski definition) is 5. The topological polar surface area (TPSA) is 85.9 Å². The van der Waals surface area contributed by atoms with Gasteiger partial charge in [-0.25, -0.2) is 0 Å². The number of ether oxygens (including phenoxy) is 3. The fourth-order valence-corrected chi connectivity index (χ4v) is 2.89. The molecule has 0 spiro atoms. The summed E-state index contributed by atoms with van der Waals surface area (Å²) in [4.78, 5) is 24.7. The number of aryl methyl sites for hydroxylation is 1. The molecule has 2 aromatic rings. The minimum Gasteiger partial charge on any atom is -0.493 e. The van der Waals surface area contributed by atoms with Crippen molar-refractivity contribution in [2.24, 2.45) is 0 Å². The van der Waals surface area contributed by atoms with E-state index in [0.717, 1.165) is 12.0 Å².